The van der Waals surface area contributed by atoms with Crippen LogP contribution < -0.4 is 10.6 Å². The van der Waals surface area contributed by atoms with Crippen LogP contribution in [0.3, 0.4) is 0 Å². The molecule has 0 fully saturated rings. The summed E-state index contributed by atoms with van der Waals surface area (Å²) in [6, 6.07) is 3.54. The lowest BCUT2D eigenvalue weighted by Crippen LogP contribution is -2.37. The number of carbonyl (C=O) groups excluding carboxylic acids is 1. The van der Waals surface area contributed by atoms with Crippen LogP contribution in [0, 0.1) is 19.7 Å². The number of aromatic nitrogens is 1. The maximum absolute atomic E-state index is 13.3. The Morgan fingerprint density at radius 3 is 2.77 bits per heavy atom. The van der Waals surface area contributed by atoms with E-state index in [2.05, 4.69) is 15.8 Å². The standard InChI is InChI=1S/C15H17ClFN3O2/c1-8(6-12-9(2)20-22-10(12)3)18-15(21)19-11-4-5-13(16)14(17)7-11/h4-5,7-8H,6H2,1-3H3,(H2,18,19,21)/t8-/m1/s1. The molecule has 0 saturated carbocycles. The maximum Gasteiger partial charge on any atom is 0.319 e. The molecule has 2 N–H and O–H groups in total. The molecule has 2 amide bonds. The van der Waals surface area contributed by atoms with E-state index in [-0.39, 0.29) is 11.1 Å². The van der Waals surface area contributed by atoms with Crippen molar-refractivity contribution >= 4 is 23.3 Å². The van der Waals surface area contributed by atoms with Crippen LogP contribution in [0.1, 0.15) is 23.9 Å². The molecule has 2 aromatic rings. The van der Waals surface area contributed by atoms with E-state index in [0.29, 0.717) is 12.1 Å². The van der Waals surface area contributed by atoms with Crippen LogP contribution in [-0.2, 0) is 6.42 Å². The summed E-state index contributed by atoms with van der Waals surface area (Å²) in [5.41, 5.74) is 2.13. The second-order valence-electron chi connectivity index (χ2n) is 5.14. The van der Waals surface area contributed by atoms with Gasteiger partial charge < -0.3 is 15.2 Å². The molecule has 0 aliphatic heterocycles. The molecule has 7 heteroatoms. The van der Waals surface area contributed by atoms with Crippen molar-refractivity contribution in [3.63, 3.8) is 0 Å². The number of rotatable bonds is 4. The zero-order valence-corrected chi connectivity index (χ0v) is 13.3. The van der Waals surface area contributed by atoms with Gasteiger partial charge in [-0.05, 0) is 45.4 Å². The zero-order chi connectivity index (χ0) is 16.3. The fraction of sp³-hybridized carbons (Fsp3) is 0.333. The van der Waals surface area contributed by atoms with E-state index in [4.69, 9.17) is 16.1 Å². The Balaban J connectivity index is 1.92. The van der Waals surface area contributed by atoms with Crippen molar-refractivity contribution in [2.75, 3.05) is 5.32 Å². The maximum atomic E-state index is 13.3. The molecule has 0 saturated heterocycles. The lowest BCUT2D eigenvalue weighted by Gasteiger charge is -2.14. The van der Waals surface area contributed by atoms with E-state index in [1.165, 1.54) is 18.2 Å². The Morgan fingerprint density at radius 2 is 2.18 bits per heavy atom. The van der Waals surface area contributed by atoms with E-state index in [1.807, 2.05) is 20.8 Å². The number of carbonyl (C=O) groups is 1. The first-order valence-corrected chi connectivity index (χ1v) is 7.19. The lowest BCUT2D eigenvalue weighted by atomic mass is 10.1. The number of anilines is 1. The monoisotopic (exact) mass is 325 g/mol. The molecule has 5 nitrogen and oxygen atoms in total. The number of hydrogen-bond donors (Lipinski definition) is 2. The normalized spacial score (nSPS) is 12.0. The van der Waals surface area contributed by atoms with Crippen molar-refractivity contribution in [2.45, 2.75) is 33.2 Å². The summed E-state index contributed by atoms with van der Waals surface area (Å²) in [7, 11) is 0. The highest BCUT2D eigenvalue weighted by atomic mass is 35.5. The van der Waals surface area contributed by atoms with E-state index < -0.39 is 11.8 Å². The van der Waals surface area contributed by atoms with Crippen molar-refractivity contribution in [2.24, 2.45) is 0 Å². The molecule has 118 valence electrons. The van der Waals surface area contributed by atoms with Crippen LogP contribution in [0.2, 0.25) is 5.02 Å². The third kappa shape index (κ3) is 3.98. The van der Waals surface area contributed by atoms with Gasteiger partial charge >= 0.3 is 6.03 Å². The highest BCUT2D eigenvalue weighted by Gasteiger charge is 2.15. The number of benzene rings is 1. The molecule has 1 aromatic carbocycles. The van der Waals surface area contributed by atoms with E-state index in [1.54, 1.807) is 0 Å². The van der Waals surface area contributed by atoms with Crippen LogP contribution in [0.4, 0.5) is 14.9 Å². The minimum atomic E-state index is -0.580. The quantitative estimate of drug-likeness (QED) is 0.897. The SMILES string of the molecule is Cc1noc(C)c1C[C@@H](C)NC(=O)Nc1ccc(Cl)c(F)c1. The number of hydrogen-bond acceptors (Lipinski definition) is 3. The molecular weight excluding hydrogens is 309 g/mol. The average Bonchev–Trinajstić information content (AvgIpc) is 2.74. The van der Waals surface area contributed by atoms with Gasteiger partial charge in [-0.2, -0.15) is 0 Å². The van der Waals surface area contributed by atoms with E-state index >= 15 is 0 Å². The fourth-order valence-electron chi connectivity index (χ4n) is 2.12. The molecule has 2 rings (SSSR count). The van der Waals surface area contributed by atoms with Crippen molar-refractivity contribution in [3.05, 3.63) is 46.1 Å². The van der Waals surface area contributed by atoms with Crippen LogP contribution in [0.5, 0.6) is 0 Å². The number of aryl methyl sites for hydroxylation is 2. The van der Waals surface area contributed by atoms with Crippen molar-refractivity contribution < 1.29 is 13.7 Å². The van der Waals surface area contributed by atoms with Gasteiger partial charge in [0.2, 0.25) is 0 Å². The molecule has 0 aliphatic carbocycles. The van der Waals surface area contributed by atoms with E-state index in [9.17, 15) is 9.18 Å². The minimum absolute atomic E-state index is 0.0118. The molecule has 0 spiro atoms. The van der Waals surface area contributed by atoms with Crippen molar-refractivity contribution in [1.29, 1.82) is 0 Å². The second-order valence-corrected chi connectivity index (χ2v) is 5.54. The van der Waals surface area contributed by atoms with Crippen molar-refractivity contribution in [3.8, 4) is 0 Å². The molecule has 0 bridgehead atoms. The first kappa shape index (κ1) is 16.3. The summed E-state index contributed by atoms with van der Waals surface area (Å²) in [5.74, 6) is 0.162. The van der Waals surface area contributed by atoms with Gasteiger partial charge in [0.15, 0.2) is 0 Å². The molecule has 22 heavy (non-hydrogen) atoms. The highest BCUT2D eigenvalue weighted by Crippen LogP contribution is 2.19. The van der Waals surface area contributed by atoms with Crippen LogP contribution >= 0.6 is 11.6 Å². The summed E-state index contributed by atoms with van der Waals surface area (Å²) in [6.07, 6.45) is 0.601. The molecule has 0 aliphatic rings. The summed E-state index contributed by atoms with van der Waals surface area (Å²) < 4.78 is 18.4. The topological polar surface area (TPSA) is 67.2 Å². The Kier molecular flexibility index (Phi) is 5.03. The Bertz CT molecular complexity index is 668. The van der Waals surface area contributed by atoms with Gasteiger partial charge in [-0.25, -0.2) is 9.18 Å². The van der Waals surface area contributed by atoms with Gasteiger partial charge in [0, 0.05) is 17.3 Å². The Morgan fingerprint density at radius 1 is 1.45 bits per heavy atom. The van der Waals surface area contributed by atoms with Crippen LogP contribution in [0.15, 0.2) is 22.7 Å². The number of nitrogens with one attached hydrogen (secondary N) is 2. The fourth-order valence-corrected chi connectivity index (χ4v) is 2.23. The first-order valence-electron chi connectivity index (χ1n) is 6.81. The van der Waals surface area contributed by atoms with Gasteiger partial charge in [0.25, 0.3) is 0 Å². The van der Waals surface area contributed by atoms with Gasteiger partial charge in [-0.1, -0.05) is 16.8 Å². The Hall–Kier alpha value is -2.08. The molecule has 0 unspecified atom stereocenters. The predicted molar refractivity (Wildman–Crippen MR) is 82.7 cm³/mol. The summed E-state index contributed by atoms with van der Waals surface area (Å²) in [5, 5.41) is 9.23. The number of nitrogens with zero attached hydrogens (tertiary/aromatic N) is 1. The largest absolute Gasteiger partial charge is 0.361 e. The van der Waals surface area contributed by atoms with Gasteiger partial charge in [-0.15, -0.1) is 0 Å². The smallest absolute Gasteiger partial charge is 0.319 e. The number of halogens is 2. The summed E-state index contributed by atoms with van der Waals surface area (Å²) in [4.78, 5) is 11.9. The summed E-state index contributed by atoms with van der Waals surface area (Å²) >= 11 is 5.59. The molecular formula is C15H17ClFN3O2. The number of urea groups is 1. The molecule has 1 aromatic heterocycles. The van der Waals surface area contributed by atoms with Crippen LogP contribution in [-0.4, -0.2) is 17.2 Å². The molecule has 1 atom stereocenters. The average molecular weight is 326 g/mol. The minimum Gasteiger partial charge on any atom is -0.361 e. The third-order valence-corrected chi connectivity index (χ3v) is 3.55. The Labute approximate surface area is 132 Å². The lowest BCUT2D eigenvalue weighted by molar-refractivity contribution is 0.249. The van der Waals surface area contributed by atoms with E-state index in [0.717, 1.165) is 17.0 Å². The van der Waals surface area contributed by atoms with Gasteiger partial charge in [0.05, 0.1) is 10.7 Å². The predicted octanol–water partition coefficient (Wildman–Crippen LogP) is 3.84. The zero-order valence-electron chi connectivity index (χ0n) is 12.5. The molecule has 1 heterocycles. The van der Waals surface area contributed by atoms with Gasteiger partial charge in [0.1, 0.15) is 11.6 Å². The highest BCUT2D eigenvalue weighted by molar-refractivity contribution is 6.30. The van der Waals surface area contributed by atoms with Gasteiger partial charge in [-0.3, -0.25) is 0 Å². The summed E-state index contributed by atoms with van der Waals surface area (Å²) in [6.45, 7) is 5.56. The number of amides is 2. The first-order chi connectivity index (χ1) is 10.4. The molecule has 0 radical (unpaired) electrons. The second kappa shape index (κ2) is 6.79. The third-order valence-electron chi connectivity index (χ3n) is 3.25. The van der Waals surface area contributed by atoms with Crippen molar-refractivity contribution in [1.82, 2.24) is 10.5 Å². The van der Waals surface area contributed by atoms with Crippen LogP contribution in [0.25, 0.3) is 0 Å².